The van der Waals surface area contributed by atoms with Crippen LogP contribution in [0.1, 0.15) is 77.6 Å². The Kier molecular flexibility index (Phi) is 9.90. The fraction of sp³-hybridized carbons (Fsp3) is 0.640. The van der Waals surface area contributed by atoms with Crippen LogP contribution in [0.15, 0.2) is 18.2 Å². The van der Waals surface area contributed by atoms with Crippen molar-refractivity contribution in [3.8, 4) is 0 Å². The van der Waals surface area contributed by atoms with E-state index in [9.17, 15) is 19.5 Å². The van der Waals surface area contributed by atoms with Crippen molar-refractivity contribution >= 4 is 17.9 Å². The molecule has 0 aliphatic rings. The molecule has 2 unspecified atom stereocenters. The van der Waals surface area contributed by atoms with Gasteiger partial charge >= 0.3 is 6.09 Å². The van der Waals surface area contributed by atoms with Crippen molar-refractivity contribution < 1.29 is 24.2 Å². The highest BCUT2D eigenvalue weighted by molar-refractivity contribution is 5.92. The third-order valence-electron chi connectivity index (χ3n) is 4.82. The van der Waals surface area contributed by atoms with E-state index < -0.39 is 41.8 Å². The molecule has 33 heavy (non-hydrogen) atoms. The first-order chi connectivity index (χ1) is 15.1. The molecular formula is C25H41N3O5. The van der Waals surface area contributed by atoms with E-state index in [1.165, 1.54) is 4.90 Å². The van der Waals surface area contributed by atoms with Crippen LogP contribution in [0.2, 0.25) is 0 Å². The number of amides is 3. The molecule has 0 radical (unpaired) electrons. The number of ether oxygens (including phenoxy) is 1. The monoisotopic (exact) mass is 463 g/mol. The Morgan fingerprint density at radius 3 is 2.12 bits per heavy atom. The molecule has 0 saturated carbocycles. The van der Waals surface area contributed by atoms with Crippen molar-refractivity contribution in [2.24, 2.45) is 0 Å². The topological polar surface area (TPSA) is 108 Å². The molecule has 0 bridgehead atoms. The van der Waals surface area contributed by atoms with E-state index in [0.717, 1.165) is 11.1 Å². The van der Waals surface area contributed by atoms with E-state index in [1.807, 2.05) is 59.7 Å². The van der Waals surface area contributed by atoms with E-state index >= 15 is 0 Å². The van der Waals surface area contributed by atoms with Crippen LogP contribution in [0.5, 0.6) is 0 Å². The SMILES string of the molecule is CCCN(C(=O)C(CO)NC(=O)OC(C)(C)C)C(C(=O)NC(C)(C)C)c1ccc(C)c(C)c1. The van der Waals surface area contributed by atoms with Gasteiger partial charge in [-0.3, -0.25) is 9.59 Å². The van der Waals surface area contributed by atoms with Crippen LogP contribution in [0.3, 0.4) is 0 Å². The zero-order chi connectivity index (χ0) is 25.6. The summed E-state index contributed by atoms with van der Waals surface area (Å²) in [5.74, 6) is -0.890. The summed E-state index contributed by atoms with van der Waals surface area (Å²) in [5, 5.41) is 15.3. The van der Waals surface area contributed by atoms with E-state index in [1.54, 1.807) is 20.8 Å². The highest BCUT2D eigenvalue weighted by Crippen LogP contribution is 2.26. The Hall–Kier alpha value is -2.61. The quantitative estimate of drug-likeness (QED) is 0.548. The van der Waals surface area contributed by atoms with Crippen molar-refractivity contribution in [1.82, 2.24) is 15.5 Å². The van der Waals surface area contributed by atoms with Crippen LogP contribution in [-0.2, 0) is 14.3 Å². The highest BCUT2D eigenvalue weighted by atomic mass is 16.6. The molecule has 0 fully saturated rings. The van der Waals surface area contributed by atoms with Gasteiger partial charge in [0.05, 0.1) is 6.61 Å². The van der Waals surface area contributed by atoms with Crippen molar-refractivity contribution in [3.63, 3.8) is 0 Å². The van der Waals surface area contributed by atoms with Gasteiger partial charge in [-0.25, -0.2) is 4.79 Å². The summed E-state index contributed by atoms with van der Waals surface area (Å²) in [7, 11) is 0. The normalized spacial score (nSPS) is 13.6. The van der Waals surface area contributed by atoms with Gasteiger partial charge in [0.2, 0.25) is 11.8 Å². The third-order valence-corrected chi connectivity index (χ3v) is 4.82. The number of benzene rings is 1. The minimum atomic E-state index is -1.25. The van der Waals surface area contributed by atoms with Crippen LogP contribution in [0.4, 0.5) is 4.79 Å². The van der Waals surface area contributed by atoms with Crippen molar-refractivity contribution in [2.75, 3.05) is 13.2 Å². The molecule has 8 heteroatoms. The number of aliphatic hydroxyl groups excluding tert-OH is 1. The lowest BCUT2D eigenvalue weighted by Crippen LogP contribution is -2.55. The molecule has 1 aromatic carbocycles. The summed E-state index contributed by atoms with van der Waals surface area (Å²) in [6.07, 6.45) is -0.228. The molecule has 0 aromatic heterocycles. The van der Waals surface area contributed by atoms with E-state index in [4.69, 9.17) is 4.74 Å². The van der Waals surface area contributed by atoms with Crippen LogP contribution in [0, 0.1) is 13.8 Å². The molecule has 3 N–H and O–H groups in total. The van der Waals surface area contributed by atoms with Crippen molar-refractivity contribution in [2.45, 2.75) is 92.0 Å². The van der Waals surface area contributed by atoms with Crippen LogP contribution in [0.25, 0.3) is 0 Å². The van der Waals surface area contributed by atoms with Crippen LogP contribution >= 0.6 is 0 Å². The lowest BCUT2D eigenvalue weighted by molar-refractivity contribution is -0.143. The summed E-state index contributed by atoms with van der Waals surface area (Å²) in [6, 6.07) is 3.47. The average molecular weight is 464 g/mol. The number of rotatable bonds is 8. The number of hydrogen-bond acceptors (Lipinski definition) is 5. The first-order valence-electron chi connectivity index (χ1n) is 11.4. The second-order valence-corrected chi connectivity index (χ2v) is 10.4. The smallest absolute Gasteiger partial charge is 0.408 e. The number of nitrogens with one attached hydrogen (secondary N) is 2. The van der Waals surface area contributed by atoms with Gasteiger partial charge in [0.1, 0.15) is 17.7 Å². The Labute approximate surface area is 198 Å². The summed E-state index contributed by atoms with van der Waals surface area (Å²) in [6.45, 7) is 16.2. The van der Waals surface area contributed by atoms with Crippen molar-refractivity contribution in [1.29, 1.82) is 0 Å². The van der Waals surface area contributed by atoms with E-state index in [0.29, 0.717) is 12.0 Å². The van der Waals surface area contributed by atoms with Gasteiger partial charge in [-0.05, 0) is 78.5 Å². The Morgan fingerprint density at radius 2 is 1.67 bits per heavy atom. The first kappa shape index (κ1) is 28.4. The minimum Gasteiger partial charge on any atom is -0.444 e. The third kappa shape index (κ3) is 9.04. The number of aryl methyl sites for hydroxylation is 2. The molecule has 1 rings (SSSR count). The molecule has 0 aliphatic carbocycles. The van der Waals surface area contributed by atoms with Crippen molar-refractivity contribution in [3.05, 3.63) is 34.9 Å². The van der Waals surface area contributed by atoms with E-state index in [2.05, 4.69) is 10.6 Å². The number of carbonyl (C=O) groups excluding carboxylic acids is 3. The van der Waals surface area contributed by atoms with Gasteiger partial charge in [-0.2, -0.15) is 0 Å². The number of hydrogen-bond donors (Lipinski definition) is 3. The molecular weight excluding hydrogens is 422 g/mol. The van der Waals surface area contributed by atoms with Gasteiger partial charge in [-0.15, -0.1) is 0 Å². The molecule has 186 valence electrons. The standard InChI is InChI=1S/C25H41N3O5/c1-10-13-28(22(31)19(15-29)26-23(32)33-25(7,8)9)20(21(30)27-24(4,5)6)18-12-11-16(2)17(3)14-18/h11-12,14,19-20,29H,10,13,15H2,1-9H3,(H,26,32)(H,27,30). The molecule has 0 saturated heterocycles. The lowest BCUT2D eigenvalue weighted by atomic mass is 9.97. The predicted molar refractivity (Wildman–Crippen MR) is 129 cm³/mol. The molecule has 0 heterocycles. The Morgan fingerprint density at radius 1 is 1.06 bits per heavy atom. The van der Waals surface area contributed by atoms with Gasteiger partial charge < -0.3 is 25.4 Å². The largest absolute Gasteiger partial charge is 0.444 e. The zero-order valence-corrected chi connectivity index (χ0v) is 21.5. The van der Waals surface area contributed by atoms with Crippen LogP contribution < -0.4 is 10.6 Å². The summed E-state index contributed by atoms with van der Waals surface area (Å²) < 4.78 is 5.24. The number of nitrogens with zero attached hydrogens (tertiary/aromatic N) is 1. The average Bonchev–Trinajstić information content (AvgIpc) is 2.65. The maximum absolute atomic E-state index is 13.5. The van der Waals surface area contributed by atoms with Crippen LogP contribution in [-0.4, -0.2) is 58.2 Å². The number of alkyl carbamates (subject to hydrolysis) is 1. The number of carbonyl (C=O) groups is 3. The lowest BCUT2D eigenvalue weighted by Gasteiger charge is -2.35. The Balaban J connectivity index is 3.40. The maximum Gasteiger partial charge on any atom is 0.408 e. The predicted octanol–water partition coefficient (Wildman–Crippen LogP) is 3.38. The fourth-order valence-electron chi connectivity index (χ4n) is 3.29. The maximum atomic E-state index is 13.5. The summed E-state index contributed by atoms with van der Waals surface area (Å²) >= 11 is 0. The van der Waals surface area contributed by atoms with Gasteiger partial charge in [-0.1, -0.05) is 25.1 Å². The molecule has 0 aliphatic heterocycles. The number of aliphatic hydroxyl groups is 1. The highest BCUT2D eigenvalue weighted by Gasteiger charge is 2.36. The molecule has 3 amide bonds. The molecule has 0 spiro atoms. The summed E-state index contributed by atoms with van der Waals surface area (Å²) in [4.78, 5) is 40.6. The molecule has 8 nitrogen and oxygen atoms in total. The van der Waals surface area contributed by atoms with E-state index in [-0.39, 0.29) is 12.5 Å². The Bertz CT molecular complexity index is 839. The second kappa shape index (κ2) is 11.5. The van der Waals surface area contributed by atoms with Gasteiger partial charge in [0.15, 0.2) is 0 Å². The fourth-order valence-corrected chi connectivity index (χ4v) is 3.29. The zero-order valence-electron chi connectivity index (χ0n) is 21.5. The minimum absolute atomic E-state index is 0.264. The van der Waals surface area contributed by atoms with Gasteiger partial charge in [0.25, 0.3) is 0 Å². The molecule has 2 atom stereocenters. The second-order valence-electron chi connectivity index (χ2n) is 10.4. The summed E-state index contributed by atoms with van der Waals surface area (Å²) in [5.41, 5.74) is 1.46. The molecule has 1 aromatic rings. The van der Waals surface area contributed by atoms with Gasteiger partial charge in [0, 0.05) is 12.1 Å². The first-order valence-corrected chi connectivity index (χ1v) is 11.4.